The van der Waals surface area contributed by atoms with Gasteiger partial charge in [0.15, 0.2) is 17.3 Å². The Hall–Kier alpha value is -3.89. The minimum atomic E-state index is -2.71. The first-order valence-corrected chi connectivity index (χ1v) is 9.55. The Labute approximate surface area is 183 Å². The highest BCUT2D eigenvalue weighted by Crippen LogP contribution is 2.43. The van der Waals surface area contributed by atoms with Crippen molar-refractivity contribution in [3.63, 3.8) is 0 Å². The maximum Gasteiger partial charge on any atom is 0.273 e. The zero-order valence-electron chi connectivity index (χ0n) is 20.0. The number of fused-ring (bicyclic) bond motifs is 3. The summed E-state index contributed by atoms with van der Waals surface area (Å²) >= 11 is 0. The summed E-state index contributed by atoms with van der Waals surface area (Å²) in [7, 11) is 3.24. The summed E-state index contributed by atoms with van der Waals surface area (Å²) in [4.78, 5) is 17.0. The molecule has 11 nitrogen and oxygen atoms in total. The van der Waals surface area contributed by atoms with E-state index in [2.05, 4.69) is 25.6 Å². The number of nitrogens with one attached hydrogen (secondary N) is 2. The quantitative estimate of drug-likeness (QED) is 0.643. The summed E-state index contributed by atoms with van der Waals surface area (Å²) in [5.41, 5.74) is 0.878. The number of rotatable bonds is 3. The molecule has 0 aliphatic carbocycles. The third-order valence-electron chi connectivity index (χ3n) is 4.57. The number of ether oxygens (including phenoxy) is 3. The van der Waals surface area contributed by atoms with Gasteiger partial charge in [-0.25, -0.2) is 4.98 Å². The van der Waals surface area contributed by atoms with Gasteiger partial charge in [0.2, 0.25) is 5.88 Å². The normalized spacial score (nSPS) is 15.2. The van der Waals surface area contributed by atoms with Crippen molar-refractivity contribution in [2.24, 2.45) is 7.05 Å². The molecule has 1 aliphatic rings. The maximum atomic E-state index is 12.7. The molecule has 0 saturated carbocycles. The fourth-order valence-corrected chi connectivity index (χ4v) is 3.12. The first kappa shape index (κ1) is 16.9. The molecule has 0 atom stereocenters. The monoisotopic (exact) mass is 428 g/mol. The van der Waals surface area contributed by atoms with Crippen LogP contribution in [0, 0.1) is 0 Å². The van der Waals surface area contributed by atoms with Gasteiger partial charge >= 0.3 is 0 Å². The van der Waals surface area contributed by atoms with Gasteiger partial charge in [0.25, 0.3) is 5.91 Å². The molecule has 162 valence electrons. The lowest BCUT2D eigenvalue weighted by atomic mass is 10.1. The van der Waals surface area contributed by atoms with Gasteiger partial charge in [-0.2, -0.15) is 5.10 Å². The topological polar surface area (TPSA) is 125 Å². The predicted molar refractivity (Wildman–Crippen MR) is 112 cm³/mol. The molecule has 0 spiro atoms. The van der Waals surface area contributed by atoms with Crippen molar-refractivity contribution in [1.29, 1.82) is 0 Å². The Morgan fingerprint density at radius 3 is 2.87 bits per heavy atom. The standard InChI is InChI=1S/C20H23N7O4/c1-21-20(28)16-13-10-15(24-25-16)31-9-5-4-8-30-14-7-6-12(18(29-3)17(14)23-13)19-22-11-27(2)26-19/h6-7,10-11,23H,4-5,8-9H2,1-3H3,(H,21,28)/i1D3. The Kier molecular flexibility index (Phi) is 4.82. The molecule has 2 bridgehead atoms. The smallest absolute Gasteiger partial charge is 0.273 e. The van der Waals surface area contributed by atoms with E-state index in [0.29, 0.717) is 48.2 Å². The molecule has 1 aromatic carbocycles. The van der Waals surface area contributed by atoms with Crippen LogP contribution in [0.4, 0.5) is 11.4 Å². The van der Waals surface area contributed by atoms with E-state index < -0.39 is 12.9 Å². The van der Waals surface area contributed by atoms with E-state index in [1.165, 1.54) is 13.2 Å². The van der Waals surface area contributed by atoms with Crippen LogP contribution in [-0.4, -0.2) is 58.2 Å². The third kappa shape index (κ3) is 4.20. The number of benzene rings is 1. The zero-order chi connectivity index (χ0) is 24.3. The van der Waals surface area contributed by atoms with Crippen molar-refractivity contribution in [2.45, 2.75) is 12.8 Å². The van der Waals surface area contributed by atoms with Gasteiger partial charge in [-0.1, -0.05) is 0 Å². The molecule has 4 rings (SSSR count). The number of carbonyl (C=O) groups is 1. The number of methoxy groups -OCH3 is 1. The van der Waals surface area contributed by atoms with Crippen LogP contribution < -0.4 is 24.8 Å². The van der Waals surface area contributed by atoms with Crippen LogP contribution in [0.15, 0.2) is 24.5 Å². The largest absolute Gasteiger partial charge is 0.494 e. The second kappa shape index (κ2) is 8.86. The van der Waals surface area contributed by atoms with Gasteiger partial charge in [0.1, 0.15) is 17.8 Å². The predicted octanol–water partition coefficient (Wildman–Crippen LogP) is 1.94. The summed E-state index contributed by atoms with van der Waals surface area (Å²) < 4.78 is 40.9. The Morgan fingerprint density at radius 2 is 2.13 bits per heavy atom. The fourth-order valence-electron chi connectivity index (χ4n) is 3.12. The van der Waals surface area contributed by atoms with Crippen LogP contribution in [0.25, 0.3) is 11.4 Å². The minimum absolute atomic E-state index is 0.154. The van der Waals surface area contributed by atoms with E-state index in [4.69, 9.17) is 18.3 Å². The summed E-state index contributed by atoms with van der Waals surface area (Å²) in [6, 6.07) is 5.00. The number of anilines is 2. The van der Waals surface area contributed by atoms with Crippen LogP contribution in [0.2, 0.25) is 0 Å². The molecule has 3 aromatic rings. The first-order chi connectivity index (χ1) is 16.2. The highest BCUT2D eigenvalue weighted by molar-refractivity contribution is 5.99. The number of hydrogen-bond donors (Lipinski definition) is 2. The van der Waals surface area contributed by atoms with Crippen LogP contribution >= 0.6 is 0 Å². The van der Waals surface area contributed by atoms with Gasteiger partial charge in [0, 0.05) is 24.2 Å². The van der Waals surface area contributed by atoms with Crippen molar-refractivity contribution in [1.82, 2.24) is 30.3 Å². The molecular weight excluding hydrogens is 402 g/mol. The maximum absolute atomic E-state index is 12.7. The SMILES string of the molecule is [2H]C([2H])([2H])NC(=O)c1nnc2cc1Nc1c(ccc(-c3ncn(C)n3)c1OC)OCCCCO2. The van der Waals surface area contributed by atoms with Crippen molar-refractivity contribution >= 4 is 17.3 Å². The van der Waals surface area contributed by atoms with Crippen molar-refractivity contribution < 1.29 is 23.1 Å². The highest BCUT2D eigenvalue weighted by Gasteiger charge is 2.23. The van der Waals surface area contributed by atoms with Crippen molar-refractivity contribution in [3.05, 3.63) is 30.2 Å². The molecule has 0 radical (unpaired) electrons. The van der Waals surface area contributed by atoms with E-state index in [9.17, 15) is 4.79 Å². The van der Waals surface area contributed by atoms with E-state index in [1.807, 2.05) is 5.32 Å². The van der Waals surface area contributed by atoms with E-state index in [-0.39, 0.29) is 17.3 Å². The average Bonchev–Trinajstić information content (AvgIpc) is 3.20. The molecule has 31 heavy (non-hydrogen) atoms. The highest BCUT2D eigenvalue weighted by atomic mass is 16.5. The molecule has 11 heteroatoms. The third-order valence-corrected chi connectivity index (χ3v) is 4.57. The lowest BCUT2D eigenvalue weighted by Crippen LogP contribution is -2.21. The molecule has 1 aliphatic heterocycles. The Balaban J connectivity index is 1.85. The van der Waals surface area contributed by atoms with Gasteiger partial charge in [-0.05, 0) is 25.0 Å². The summed E-state index contributed by atoms with van der Waals surface area (Å²) in [6.07, 6.45) is 2.99. The number of nitrogens with zero attached hydrogens (tertiary/aromatic N) is 5. The van der Waals surface area contributed by atoms with Crippen LogP contribution in [0.1, 0.15) is 27.4 Å². The number of aryl methyl sites for hydroxylation is 1. The summed E-state index contributed by atoms with van der Waals surface area (Å²) in [5, 5.41) is 17.2. The molecule has 2 aromatic heterocycles. The first-order valence-electron chi connectivity index (χ1n) is 11.0. The molecule has 0 saturated heterocycles. The molecule has 1 amide bonds. The van der Waals surface area contributed by atoms with Crippen LogP contribution in [0.3, 0.4) is 0 Å². The van der Waals surface area contributed by atoms with E-state index in [0.717, 1.165) is 6.42 Å². The molecule has 0 unspecified atom stereocenters. The molecular formula is C20H23N7O4. The lowest BCUT2D eigenvalue weighted by molar-refractivity contribution is 0.0957. The lowest BCUT2D eigenvalue weighted by Gasteiger charge is -2.20. The average molecular weight is 428 g/mol. The number of hydrogen-bond acceptors (Lipinski definition) is 9. The second-order valence-corrected chi connectivity index (χ2v) is 6.69. The molecule has 2 N–H and O–H groups in total. The Morgan fingerprint density at radius 1 is 1.29 bits per heavy atom. The Bertz CT molecular complexity index is 1200. The van der Waals surface area contributed by atoms with Crippen LogP contribution in [-0.2, 0) is 7.05 Å². The van der Waals surface area contributed by atoms with Gasteiger partial charge in [-0.15, -0.1) is 10.2 Å². The van der Waals surface area contributed by atoms with Crippen LogP contribution in [0.5, 0.6) is 17.4 Å². The second-order valence-electron chi connectivity index (χ2n) is 6.69. The zero-order valence-corrected chi connectivity index (χ0v) is 17.0. The summed E-state index contributed by atoms with van der Waals surface area (Å²) in [6.45, 7) is -1.92. The molecule has 0 fully saturated rings. The minimum Gasteiger partial charge on any atom is -0.494 e. The van der Waals surface area contributed by atoms with E-state index >= 15 is 0 Å². The van der Waals surface area contributed by atoms with Crippen molar-refractivity contribution in [3.8, 4) is 28.8 Å². The fraction of sp³-hybridized carbons (Fsp3) is 0.350. The van der Waals surface area contributed by atoms with Gasteiger partial charge in [-0.3, -0.25) is 9.48 Å². The number of carbonyl (C=O) groups excluding carboxylic acids is 1. The van der Waals surface area contributed by atoms with Gasteiger partial charge in [0.05, 0.1) is 31.6 Å². The van der Waals surface area contributed by atoms with E-state index in [1.54, 1.807) is 30.2 Å². The summed E-state index contributed by atoms with van der Waals surface area (Å²) in [5.74, 6) is 0.489. The molecule has 3 heterocycles. The van der Waals surface area contributed by atoms with Gasteiger partial charge < -0.3 is 24.8 Å². The number of amides is 1. The van der Waals surface area contributed by atoms with Crippen molar-refractivity contribution in [2.75, 3.05) is 32.6 Å². The number of aromatic nitrogens is 5.